The quantitative estimate of drug-likeness (QED) is 0.175. The standard InChI is InChI=1S/C38H37Cl2N3O4/c1-46-38(45)43-37(36(25-11-4-2-5-12-25)26-13-6-3-7-14-26)35(44)20-27-15-9-8-10-24(27)16-17-29-22-41-34(23-47-29)33-19-28-18-30(39)31(40)21-32(28)42-33/h2-15,18,21,29,34,36-37,41H,16-17,19-20,22-23H2,1H3,(H,43,45)/t29-,34+,37-/m1/s1. The zero-order chi connectivity index (χ0) is 32.8. The molecule has 1 fully saturated rings. The van der Waals surface area contributed by atoms with Gasteiger partial charge in [-0.2, -0.15) is 0 Å². The number of carbonyl (C=O) groups excluding carboxylic acids is 2. The monoisotopic (exact) mass is 669 g/mol. The van der Waals surface area contributed by atoms with Gasteiger partial charge in [0.05, 0.1) is 41.6 Å². The van der Waals surface area contributed by atoms with Gasteiger partial charge in [0.1, 0.15) is 6.04 Å². The Kier molecular flexibility index (Phi) is 10.7. The zero-order valence-electron chi connectivity index (χ0n) is 26.1. The lowest BCUT2D eigenvalue weighted by atomic mass is 9.81. The van der Waals surface area contributed by atoms with Crippen molar-refractivity contribution in [1.29, 1.82) is 0 Å². The number of carbonyl (C=O) groups is 2. The molecule has 2 heterocycles. The molecule has 9 heteroatoms. The van der Waals surface area contributed by atoms with Crippen LogP contribution in [-0.2, 0) is 33.5 Å². The number of rotatable bonds is 11. The highest BCUT2D eigenvalue weighted by Crippen LogP contribution is 2.35. The molecule has 0 aliphatic carbocycles. The van der Waals surface area contributed by atoms with Gasteiger partial charge >= 0.3 is 6.09 Å². The molecule has 4 aromatic rings. The summed E-state index contributed by atoms with van der Waals surface area (Å²) in [5, 5.41) is 7.52. The molecule has 1 saturated heterocycles. The molecule has 47 heavy (non-hydrogen) atoms. The third-order valence-corrected chi connectivity index (χ3v) is 9.65. The van der Waals surface area contributed by atoms with Crippen LogP contribution in [-0.4, -0.2) is 56.0 Å². The van der Waals surface area contributed by atoms with E-state index in [-0.39, 0.29) is 24.3 Å². The molecule has 242 valence electrons. The van der Waals surface area contributed by atoms with Gasteiger partial charge in [-0.3, -0.25) is 9.79 Å². The van der Waals surface area contributed by atoms with E-state index in [1.165, 1.54) is 7.11 Å². The van der Waals surface area contributed by atoms with E-state index < -0.39 is 18.1 Å². The van der Waals surface area contributed by atoms with E-state index >= 15 is 0 Å². The molecular weight excluding hydrogens is 633 g/mol. The van der Waals surface area contributed by atoms with Crippen molar-refractivity contribution in [3.05, 3.63) is 135 Å². The number of morpholine rings is 1. The molecule has 2 aliphatic heterocycles. The number of benzene rings is 4. The van der Waals surface area contributed by atoms with Gasteiger partial charge in [0.2, 0.25) is 0 Å². The van der Waals surface area contributed by atoms with Crippen LogP contribution in [0.3, 0.4) is 0 Å². The smallest absolute Gasteiger partial charge is 0.407 e. The minimum atomic E-state index is -0.834. The molecule has 0 bridgehead atoms. The molecule has 4 aromatic carbocycles. The van der Waals surface area contributed by atoms with Crippen molar-refractivity contribution in [2.75, 3.05) is 20.3 Å². The van der Waals surface area contributed by atoms with Crippen molar-refractivity contribution in [2.24, 2.45) is 4.99 Å². The molecule has 0 unspecified atom stereocenters. The zero-order valence-corrected chi connectivity index (χ0v) is 27.6. The number of hydrogen-bond acceptors (Lipinski definition) is 6. The number of amides is 1. The predicted molar refractivity (Wildman–Crippen MR) is 186 cm³/mol. The van der Waals surface area contributed by atoms with Crippen molar-refractivity contribution in [2.45, 2.75) is 49.8 Å². The summed E-state index contributed by atoms with van der Waals surface area (Å²) in [7, 11) is 1.31. The summed E-state index contributed by atoms with van der Waals surface area (Å²) in [6.07, 6.45) is 1.82. The molecule has 3 atom stereocenters. The molecule has 0 saturated carbocycles. The van der Waals surface area contributed by atoms with Crippen LogP contribution in [0.25, 0.3) is 0 Å². The number of hydrogen-bond donors (Lipinski definition) is 2. The number of ketones is 1. The van der Waals surface area contributed by atoms with Gasteiger partial charge in [-0.25, -0.2) is 4.79 Å². The maximum atomic E-state index is 14.2. The maximum absolute atomic E-state index is 14.2. The number of aliphatic imine (C=N–C) groups is 1. The average molecular weight is 671 g/mol. The first-order valence-corrected chi connectivity index (χ1v) is 16.6. The predicted octanol–water partition coefficient (Wildman–Crippen LogP) is 7.28. The Labute approximate surface area is 285 Å². The van der Waals surface area contributed by atoms with E-state index in [1.807, 2.05) is 91.0 Å². The third kappa shape index (κ3) is 7.94. The first-order valence-electron chi connectivity index (χ1n) is 15.8. The summed E-state index contributed by atoms with van der Waals surface area (Å²) in [5.41, 5.74) is 6.86. The second-order valence-electron chi connectivity index (χ2n) is 12.0. The molecule has 2 aliphatic rings. The molecule has 2 N–H and O–H groups in total. The summed E-state index contributed by atoms with van der Waals surface area (Å²) in [6, 6.07) is 30.5. The fourth-order valence-corrected chi connectivity index (χ4v) is 6.80. The van der Waals surface area contributed by atoms with E-state index in [0.29, 0.717) is 23.2 Å². The van der Waals surface area contributed by atoms with Crippen LogP contribution < -0.4 is 10.6 Å². The van der Waals surface area contributed by atoms with Crippen molar-refractivity contribution in [1.82, 2.24) is 10.6 Å². The summed E-state index contributed by atoms with van der Waals surface area (Å²) >= 11 is 12.4. The van der Waals surface area contributed by atoms with Gasteiger partial charge in [-0.1, -0.05) is 108 Å². The van der Waals surface area contributed by atoms with Gasteiger partial charge in [0.25, 0.3) is 0 Å². The first kappa shape index (κ1) is 32.9. The third-order valence-electron chi connectivity index (χ3n) is 8.92. The van der Waals surface area contributed by atoms with E-state index in [1.54, 1.807) is 0 Å². The topological polar surface area (TPSA) is 89.0 Å². The molecule has 7 nitrogen and oxygen atoms in total. The lowest BCUT2D eigenvalue weighted by Gasteiger charge is -2.31. The van der Waals surface area contributed by atoms with Crippen LogP contribution in [0.15, 0.2) is 102 Å². The fraction of sp³-hybridized carbons (Fsp3) is 0.289. The maximum Gasteiger partial charge on any atom is 0.407 e. The highest BCUT2D eigenvalue weighted by Gasteiger charge is 2.33. The second kappa shape index (κ2) is 15.3. The lowest BCUT2D eigenvalue weighted by molar-refractivity contribution is -0.120. The minimum absolute atomic E-state index is 0.0255. The number of nitrogens with zero attached hydrogens (tertiary/aromatic N) is 1. The van der Waals surface area contributed by atoms with Crippen molar-refractivity contribution in [3.8, 4) is 0 Å². The number of methoxy groups -OCH3 is 1. The van der Waals surface area contributed by atoms with Crippen LogP contribution >= 0.6 is 23.2 Å². The molecule has 0 radical (unpaired) electrons. The van der Waals surface area contributed by atoms with Crippen molar-refractivity contribution in [3.63, 3.8) is 0 Å². The molecule has 0 spiro atoms. The average Bonchev–Trinajstić information content (AvgIpc) is 3.51. The van der Waals surface area contributed by atoms with Crippen LogP contribution in [0.1, 0.15) is 40.2 Å². The van der Waals surface area contributed by atoms with Crippen molar-refractivity contribution < 1.29 is 19.1 Å². The van der Waals surface area contributed by atoms with Gasteiger partial charge in [0.15, 0.2) is 5.78 Å². The molecule has 1 amide bonds. The van der Waals surface area contributed by atoms with Gasteiger partial charge in [-0.05, 0) is 52.8 Å². The number of aryl methyl sites for hydroxylation is 1. The second-order valence-corrected chi connectivity index (χ2v) is 12.8. The molecule has 0 aromatic heterocycles. The Hall–Kier alpha value is -4.01. The van der Waals surface area contributed by atoms with Gasteiger partial charge < -0.3 is 20.1 Å². The summed E-state index contributed by atoms with van der Waals surface area (Å²) in [6.45, 7) is 1.23. The molecular formula is C38H37Cl2N3O4. The normalized spacial score (nSPS) is 17.9. The van der Waals surface area contributed by atoms with Crippen molar-refractivity contribution >= 4 is 46.5 Å². The van der Waals surface area contributed by atoms with E-state index in [4.69, 9.17) is 37.7 Å². The summed E-state index contributed by atoms with van der Waals surface area (Å²) in [5.74, 6) is -0.489. The largest absolute Gasteiger partial charge is 0.453 e. The van der Waals surface area contributed by atoms with E-state index in [9.17, 15) is 9.59 Å². The number of halogens is 2. The molecule has 6 rings (SSSR count). The lowest BCUT2D eigenvalue weighted by Crippen LogP contribution is -2.50. The van der Waals surface area contributed by atoms with Crippen LogP contribution in [0.2, 0.25) is 10.0 Å². The number of ether oxygens (including phenoxy) is 2. The Morgan fingerprint density at radius 3 is 2.21 bits per heavy atom. The Balaban J connectivity index is 1.12. The Bertz CT molecular complexity index is 1700. The highest BCUT2D eigenvalue weighted by atomic mass is 35.5. The van der Waals surface area contributed by atoms with Crippen LogP contribution in [0, 0.1) is 0 Å². The fourth-order valence-electron chi connectivity index (χ4n) is 6.46. The van der Waals surface area contributed by atoms with Crippen LogP contribution in [0.4, 0.5) is 10.5 Å². The van der Waals surface area contributed by atoms with E-state index in [2.05, 4.69) is 16.7 Å². The first-order chi connectivity index (χ1) is 22.9. The SMILES string of the molecule is COC(=O)N[C@H](C(=O)Cc1ccccc1CC[C@@H]1CN[C@H](C2=Nc3cc(Cl)c(Cl)cc3C2)CO1)C(c1ccccc1)c1ccccc1. The highest BCUT2D eigenvalue weighted by molar-refractivity contribution is 6.42. The van der Waals surface area contributed by atoms with Gasteiger partial charge in [0, 0.05) is 31.0 Å². The summed E-state index contributed by atoms with van der Waals surface area (Å²) in [4.78, 5) is 31.5. The number of nitrogens with one attached hydrogen (secondary N) is 2. The van der Waals surface area contributed by atoms with Crippen LogP contribution in [0.5, 0.6) is 0 Å². The Morgan fingerprint density at radius 1 is 0.936 bits per heavy atom. The summed E-state index contributed by atoms with van der Waals surface area (Å²) < 4.78 is 11.3. The number of fused-ring (bicyclic) bond motifs is 1. The van der Waals surface area contributed by atoms with E-state index in [0.717, 1.165) is 58.5 Å². The van der Waals surface area contributed by atoms with Gasteiger partial charge in [-0.15, -0.1) is 0 Å². The number of alkyl carbamates (subject to hydrolysis) is 1. The minimum Gasteiger partial charge on any atom is -0.453 e. The Morgan fingerprint density at radius 2 is 1.57 bits per heavy atom. The number of Topliss-reactive ketones (excluding diaryl/α,β-unsaturated/α-hetero) is 1.